The zero-order valence-electron chi connectivity index (χ0n) is 19.0. The van der Waals surface area contributed by atoms with E-state index in [9.17, 15) is 14.4 Å². The molecule has 0 aromatic heterocycles. The molecule has 0 spiro atoms. The van der Waals surface area contributed by atoms with Crippen molar-refractivity contribution in [3.8, 4) is 17.2 Å². The number of hydrogen-bond donors (Lipinski definition) is 0. The van der Waals surface area contributed by atoms with Gasteiger partial charge in [0.1, 0.15) is 12.3 Å². The molecule has 0 saturated carbocycles. The molecule has 0 fully saturated rings. The van der Waals surface area contributed by atoms with E-state index in [0.29, 0.717) is 28.5 Å². The molecule has 0 saturated heterocycles. The predicted octanol–water partition coefficient (Wildman–Crippen LogP) is 2.87. The molecular weight excluding hydrogens is 430 g/mol. The number of esters is 2. The van der Waals surface area contributed by atoms with Crippen molar-refractivity contribution in [2.45, 2.75) is 6.92 Å². The molecule has 0 aliphatic heterocycles. The van der Waals surface area contributed by atoms with Gasteiger partial charge in [-0.25, -0.2) is 4.79 Å². The van der Waals surface area contributed by atoms with Crippen molar-refractivity contribution < 1.29 is 38.1 Å². The third-order valence-corrected chi connectivity index (χ3v) is 4.43. The summed E-state index contributed by atoms with van der Waals surface area (Å²) in [6.07, 6.45) is 2.64. The molecule has 33 heavy (non-hydrogen) atoms. The Labute approximate surface area is 192 Å². The summed E-state index contributed by atoms with van der Waals surface area (Å²) in [6.45, 7) is 1.01. The second-order valence-electron chi connectivity index (χ2n) is 6.51. The average molecular weight is 457 g/mol. The Balaban J connectivity index is 2.08. The van der Waals surface area contributed by atoms with Crippen LogP contribution in [0.4, 0.5) is 5.69 Å². The van der Waals surface area contributed by atoms with Crippen LogP contribution in [0.15, 0.2) is 48.5 Å². The van der Waals surface area contributed by atoms with Crippen LogP contribution in [0.2, 0.25) is 0 Å². The van der Waals surface area contributed by atoms with E-state index in [1.165, 1.54) is 32.3 Å². The molecule has 2 aromatic rings. The van der Waals surface area contributed by atoms with E-state index >= 15 is 0 Å². The maximum atomic E-state index is 12.7. The summed E-state index contributed by atoms with van der Waals surface area (Å²) in [7, 11) is 4.48. The van der Waals surface area contributed by atoms with Crippen molar-refractivity contribution >= 4 is 29.6 Å². The Bertz CT molecular complexity index is 987. The van der Waals surface area contributed by atoms with E-state index in [1.54, 1.807) is 49.4 Å². The van der Waals surface area contributed by atoms with Crippen molar-refractivity contribution in [3.63, 3.8) is 0 Å². The Morgan fingerprint density at radius 1 is 0.879 bits per heavy atom. The van der Waals surface area contributed by atoms with Crippen LogP contribution >= 0.6 is 0 Å². The zero-order chi connectivity index (χ0) is 24.2. The lowest BCUT2D eigenvalue weighted by Crippen LogP contribution is -2.39. The van der Waals surface area contributed by atoms with Crippen molar-refractivity contribution in [1.29, 1.82) is 0 Å². The van der Waals surface area contributed by atoms with Crippen LogP contribution in [0.5, 0.6) is 17.2 Å². The van der Waals surface area contributed by atoms with Crippen LogP contribution in [0.3, 0.4) is 0 Å². The monoisotopic (exact) mass is 457 g/mol. The van der Waals surface area contributed by atoms with E-state index in [0.717, 1.165) is 6.08 Å². The molecule has 0 atom stereocenters. The lowest BCUT2D eigenvalue weighted by molar-refractivity contribution is -0.144. The molecule has 9 heteroatoms. The number of nitrogens with zero attached hydrogens (tertiary/aromatic N) is 1. The summed E-state index contributed by atoms with van der Waals surface area (Å²) in [5, 5.41) is 0. The summed E-state index contributed by atoms with van der Waals surface area (Å²) in [4.78, 5) is 38.0. The highest BCUT2D eigenvalue weighted by molar-refractivity contribution is 5.99. The minimum absolute atomic E-state index is 0.190. The maximum Gasteiger partial charge on any atom is 0.331 e. The maximum absolute atomic E-state index is 12.7. The molecule has 176 valence electrons. The van der Waals surface area contributed by atoms with Gasteiger partial charge in [0.25, 0.3) is 5.91 Å². The van der Waals surface area contributed by atoms with E-state index in [2.05, 4.69) is 0 Å². The molecular formula is C24H27NO8. The molecule has 0 unspecified atom stereocenters. The van der Waals surface area contributed by atoms with E-state index in [-0.39, 0.29) is 13.2 Å². The Hall–Kier alpha value is -4.01. The SMILES string of the molecule is CCOC(=O)CN(C(=O)COC(=O)/C=C/c1cc(OC)c(OC)cc1OC)c1ccccc1. The van der Waals surface area contributed by atoms with Gasteiger partial charge >= 0.3 is 11.9 Å². The largest absolute Gasteiger partial charge is 0.496 e. The van der Waals surface area contributed by atoms with Crippen molar-refractivity contribution in [1.82, 2.24) is 0 Å². The summed E-state index contributed by atoms with van der Waals surface area (Å²) in [5.41, 5.74) is 1.03. The molecule has 0 N–H and O–H groups in total. The van der Waals surface area contributed by atoms with Gasteiger partial charge in [-0.2, -0.15) is 0 Å². The van der Waals surface area contributed by atoms with Crippen LogP contribution in [0.25, 0.3) is 6.08 Å². The first-order chi connectivity index (χ1) is 15.9. The molecule has 0 heterocycles. The van der Waals surface area contributed by atoms with Gasteiger partial charge in [0.2, 0.25) is 0 Å². The number of anilines is 1. The van der Waals surface area contributed by atoms with Gasteiger partial charge in [-0.05, 0) is 31.2 Å². The Morgan fingerprint density at radius 3 is 2.12 bits per heavy atom. The molecule has 0 radical (unpaired) electrons. The second kappa shape index (κ2) is 12.7. The van der Waals surface area contributed by atoms with Crippen LogP contribution in [-0.2, 0) is 23.9 Å². The van der Waals surface area contributed by atoms with Gasteiger partial charge in [0.05, 0.1) is 27.9 Å². The number of hydrogen-bond acceptors (Lipinski definition) is 8. The minimum Gasteiger partial charge on any atom is -0.496 e. The Kier molecular flexibility index (Phi) is 9.76. The Morgan fingerprint density at radius 2 is 1.52 bits per heavy atom. The van der Waals surface area contributed by atoms with Crippen LogP contribution in [0, 0.1) is 0 Å². The topological polar surface area (TPSA) is 101 Å². The number of carbonyl (C=O) groups excluding carboxylic acids is 3. The zero-order valence-corrected chi connectivity index (χ0v) is 19.0. The van der Waals surface area contributed by atoms with E-state index in [4.69, 9.17) is 23.7 Å². The highest BCUT2D eigenvalue weighted by Gasteiger charge is 2.21. The number of amides is 1. The highest BCUT2D eigenvalue weighted by atomic mass is 16.5. The van der Waals surface area contributed by atoms with Crippen LogP contribution in [-0.4, -0.2) is 58.9 Å². The molecule has 2 aromatic carbocycles. The summed E-state index contributed by atoms with van der Waals surface area (Å²) < 4.78 is 25.8. The van der Waals surface area contributed by atoms with Gasteiger partial charge in [-0.3, -0.25) is 14.5 Å². The lowest BCUT2D eigenvalue weighted by atomic mass is 10.1. The molecule has 0 bridgehead atoms. The standard InChI is InChI=1S/C24H27NO8/c1-5-32-24(28)15-25(18-9-7-6-8-10-18)22(26)16-33-23(27)12-11-17-13-20(30-3)21(31-4)14-19(17)29-2/h6-14H,5,15-16H2,1-4H3/b12-11+. The summed E-state index contributed by atoms with van der Waals surface area (Å²) in [6, 6.07) is 11.8. The predicted molar refractivity (Wildman–Crippen MR) is 122 cm³/mol. The fourth-order valence-electron chi connectivity index (χ4n) is 2.87. The minimum atomic E-state index is -0.746. The molecule has 1 amide bonds. The van der Waals surface area contributed by atoms with Crippen LogP contribution < -0.4 is 19.1 Å². The van der Waals surface area contributed by atoms with Gasteiger partial charge in [0, 0.05) is 23.4 Å². The van der Waals surface area contributed by atoms with E-state index in [1.807, 2.05) is 0 Å². The number of benzene rings is 2. The number of ether oxygens (including phenoxy) is 5. The number of carbonyl (C=O) groups is 3. The molecule has 9 nitrogen and oxygen atoms in total. The number of para-hydroxylation sites is 1. The first-order valence-electron chi connectivity index (χ1n) is 10.1. The van der Waals surface area contributed by atoms with Gasteiger partial charge in [-0.15, -0.1) is 0 Å². The average Bonchev–Trinajstić information content (AvgIpc) is 2.84. The fraction of sp³-hybridized carbons (Fsp3) is 0.292. The molecule has 2 rings (SSSR count). The smallest absolute Gasteiger partial charge is 0.331 e. The summed E-state index contributed by atoms with van der Waals surface area (Å²) in [5.74, 6) is -0.496. The van der Waals surface area contributed by atoms with Gasteiger partial charge in [0.15, 0.2) is 18.1 Å². The van der Waals surface area contributed by atoms with Crippen molar-refractivity contribution in [2.24, 2.45) is 0 Å². The fourth-order valence-corrected chi connectivity index (χ4v) is 2.87. The number of rotatable bonds is 11. The first kappa shape index (κ1) is 25.3. The van der Waals surface area contributed by atoms with E-state index < -0.39 is 24.5 Å². The first-order valence-corrected chi connectivity index (χ1v) is 10.1. The quantitative estimate of drug-likeness (QED) is 0.375. The van der Waals surface area contributed by atoms with Gasteiger partial charge in [-0.1, -0.05) is 18.2 Å². The van der Waals surface area contributed by atoms with Gasteiger partial charge < -0.3 is 23.7 Å². The van der Waals surface area contributed by atoms with Crippen molar-refractivity contribution in [3.05, 3.63) is 54.1 Å². The second-order valence-corrected chi connectivity index (χ2v) is 6.51. The third kappa shape index (κ3) is 7.27. The lowest BCUT2D eigenvalue weighted by Gasteiger charge is -2.21. The molecule has 0 aliphatic rings. The number of methoxy groups -OCH3 is 3. The third-order valence-electron chi connectivity index (χ3n) is 4.43. The van der Waals surface area contributed by atoms with Crippen molar-refractivity contribution in [2.75, 3.05) is 46.0 Å². The highest BCUT2D eigenvalue weighted by Crippen LogP contribution is 2.35. The normalized spacial score (nSPS) is 10.4. The van der Waals surface area contributed by atoms with Crippen LogP contribution in [0.1, 0.15) is 12.5 Å². The summed E-state index contributed by atoms with van der Waals surface area (Å²) >= 11 is 0. The molecule has 0 aliphatic carbocycles.